The molecule has 4 heteroatoms. The molecule has 0 aliphatic heterocycles. The molecule has 0 rings (SSSR count). The Bertz CT molecular complexity index is 79.5. The smallest absolute Gasteiger partial charge is 0.182 e. The molecule has 0 saturated heterocycles. The highest BCUT2D eigenvalue weighted by atomic mass is 31.2. The van der Waals surface area contributed by atoms with Crippen LogP contribution in [0.4, 0.5) is 0 Å². The molecule has 0 aromatic carbocycles. The molecule has 0 saturated carbocycles. The molecule has 0 bridgehead atoms. The van der Waals surface area contributed by atoms with E-state index < -0.39 is 8.38 Å². The molecule has 0 aromatic rings. The minimum absolute atomic E-state index is 0.103. The highest BCUT2D eigenvalue weighted by Crippen LogP contribution is 2.27. The number of hydrogen-bond donors (Lipinski definition) is 1. The van der Waals surface area contributed by atoms with Crippen LogP contribution in [0.2, 0.25) is 0 Å². The number of rotatable bonds is 2. The van der Waals surface area contributed by atoms with Gasteiger partial charge in [-0.3, -0.25) is 0 Å². The molecule has 0 amide bonds. The summed E-state index contributed by atoms with van der Waals surface area (Å²) >= 11 is 0. The molecule has 0 heterocycles. The van der Waals surface area contributed by atoms with Crippen LogP contribution in [-0.2, 0) is 4.52 Å². The first-order valence-electron chi connectivity index (χ1n) is 1.68. The van der Waals surface area contributed by atoms with Gasteiger partial charge in [0.05, 0.1) is 6.07 Å². The van der Waals surface area contributed by atoms with Crippen LogP contribution in [0.15, 0.2) is 0 Å². The van der Waals surface area contributed by atoms with Crippen molar-refractivity contribution in [1.29, 1.82) is 5.26 Å². The SMILES string of the molecule is COP(O)CC#N. The fourth-order valence-corrected chi connectivity index (χ4v) is 0.375. The van der Waals surface area contributed by atoms with Gasteiger partial charge in [-0.1, -0.05) is 0 Å². The Labute approximate surface area is 43.4 Å². The van der Waals surface area contributed by atoms with E-state index in [-0.39, 0.29) is 6.16 Å². The first kappa shape index (κ1) is 6.84. The maximum atomic E-state index is 8.48. The van der Waals surface area contributed by atoms with Crippen molar-refractivity contribution in [3.8, 4) is 6.07 Å². The zero-order valence-electron chi connectivity index (χ0n) is 3.96. The predicted molar refractivity (Wildman–Crippen MR) is 26.6 cm³/mol. The molecule has 1 N–H and O–H groups in total. The highest BCUT2D eigenvalue weighted by molar-refractivity contribution is 7.46. The molecular weight excluding hydrogens is 113 g/mol. The van der Waals surface area contributed by atoms with Crippen molar-refractivity contribution in [1.82, 2.24) is 0 Å². The van der Waals surface area contributed by atoms with E-state index in [1.54, 1.807) is 6.07 Å². The lowest BCUT2D eigenvalue weighted by Crippen LogP contribution is -1.78. The van der Waals surface area contributed by atoms with E-state index in [1.807, 2.05) is 0 Å². The lowest BCUT2D eigenvalue weighted by atomic mass is 10.9. The van der Waals surface area contributed by atoms with Crippen LogP contribution in [0.1, 0.15) is 0 Å². The van der Waals surface area contributed by atoms with E-state index in [4.69, 9.17) is 10.2 Å². The molecule has 3 nitrogen and oxygen atoms in total. The van der Waals surface area contributed by atoms with E-state index in [1.165, 1.54) is 7.11 Å². The van der Waals surface area contributed by atoms with E-state index in [0.717, 1.165) is 0 Å². The van der Waals surface area contributed by atoms with E-state index in [0.29, 0.717) is 0 Å². The van der Waals surface area contributed by atoms with Gasteiger partial charge in [0, 0.05) is 7.11 Å². The maximum Gasteiger partial charge on any atom is 0.182 e. The Kier molecular flexibility index (Phi) is 3.92. The van der Waals surface area contributed by atoms with E-state index in [2.05, 4.69) is 4.52 Å². The Morgan fingerprint density at radius 3 is 2.71 bits per heavy atom. The number of nitriles is 1. The van der Waals surface area contributed by atoms with Crippen LogP contribution in [0.3, 0.4) is 0 Å². The number of nitrogens with zero attached hydrogens (tertiary/aromatic N) is 1. The van der Waals surface area contributed by atoms with Gasteiger partial charge in [0.1, 0.15) is 6.16 Å². The molecule has 1 atom stereocenters. The van der Waals surface area contributed by atoms with Crippen molar-refractivity contribution < 1.29 is 9.42 Å². The van der Waals surface area contributed by atoms with Crippen LogP contribution in [0.5, 0.6) is 0 Å². The fourth-order valence-electron chi connectivity index (χ4n) is 0.125. The summed E-state index contributed by atoms with van der Waals surface area (Å²) in [5, 5.41) is 7.89. The molecule has 0 spiro atoms. The quantitative estimate of drug-likeness (QED) is 0.537. The molecule has 1 unspecified atom stereocenters. The van der Waals surface area contributed by atoms with Crippen molar-refractivity contribution in [2.24, 2.45) is 0 Å². The second-order valence-corrected chi connectivity index (χ2v) is 2.24. The first-order chi connectivity index (χ1) is 3.31. The van der Waals surface area contributed by atoms with Crippen LogP contribution < -0.4 is 0 Å². The highest BCUT2D eigenvalue weighted by Gasteiger charge is 1.96. The standard InChI is InChI=1S/C3H6NO2P/c1-6-7(5)3-2-4/h5H,3H2,1H3. The van der Waals surface area contributed by atoms with Crippen molar-refractivity contribution >= 4 is 8.38 Å². The second kappa shape index (κ2) is 4.01. The summed E-state index contributed by atoms with van der Waals surface area (Å²) in [6.07, 6.45) is 0.103. The van der Waals surface area contributed by atoms with Gasteiger partial charge in [0.15, 0.2) is 8.38 Å². The van der Waals surface area contributed by atoms with Gasteiger partial charge < -0.3 is 9.42 Å². The fraction of sp³-hybridized carbons (Fsp3) is 0.667. The molecule has 0 aliphatic carbocycles. The largest absolute Gasteiger partial charge is 0.349 e. The normalized spacial score (nSPS) is 12.7. The lowest BCUT2D eigenvalue weighted by Gasteiger charge is -1.97. The lowest BCUT2D eigenvalue weighted by molar-refractivity contribution is 0.393. The van der Waals surface area contributed by atoms with Crippen molar-refractivity contribution in [3.63, 3.8) is 0 Å². The minimum Gasteiger partial charge on any atom is -0.349 e. The summed E-state index contributed by atoms with van der Waals surface area (Å²) < 4.78 is 4.39. The summed E-state index contributed by atoms with van der Waals surface area (Å²) in [5.41, 5.74) is 0. The summed E-state index contributed by atoms with van der Waals surface area (Å²) in [6, 6.07) is 1.77. The molecule has 0 fully saturated rings. The summed E-state index contributed by atoms with van der Waals surface area (Å²) in [5.74, 6) is 0. The molecular formula is C3H6NO2P. The zero-order chi connectivity index (χ0) is 5.70. The summed E-state index contributed by atoms with van der Waals surface area (Å²) in [4.78, 5) is 8.48. The molecule has 7 heavy (non-hydrogen) atoms. The van der Waals surface area contributed by atoms with Crippen LogP contribution >= 0.6 is 8.38 Å². The predicted octanol–water partition coefficient (Wildman–Crippen LogP) is 0.461. The van der Waals surface area contributed by atoms with Crippen LogP contribution in [-0.4, -0.2) is 18.2 Å². The topological polar surface area (TPSA) is 53.2 Å². The van der Waals surface area contributed by atoms with Crippen LogP contribution in [0.25, 0.3) is 0 Å². The Hall–Kier alpha value is -0.160. The number of hydrogen-bond acceptors (Lipinski definition) is 3. The molecule has 40 valence electrons. The summed E-state index contributed by atoms with van der Waals surface area (Å²) in [6.45, 7) is 0. The van der Waals surface area contributed by atoms with E-state index >= 15 is 0 Å². The van der Waals surface area contributed by atoms with Gasteiger partial charge >= 0.3 is 0 Å². The minimum atomic E-state index is -1.44. The van der Waals surface area contributed by atoms with Crippen molar-refractivity contribution in [2.45, 2.75) is 0 Å². The van der Waals surface area contributed by atoms with Gasteiger partial charge in [-0.25, -0.2) is 0 Å². The van der Waals surface area contributed by atoms with Gasteiger partial charge in [0.25, 0.3) is 0 Å². The third-order valence-corrected chi connectivity index (χ3v) is 1.25. The summed E-state index contributed by atoms with van der Waals surface area (Å²) in [7, 11) is -0.0615. The second-order valence-electron chi connectivity index (χ2n) is 0.851. The zero-order valence-corrected chi connectivity index (χ0v) is 4.85. The van der Waals surface area contributed by atoms with Crippen molar-refractivity contribution in [3.05, 3.63) is 0 Å². The van der Waals surface area contributed by atoms with E-state index in [9.17, 15) is 0 Å². The third kappa shape index (κ3) is 3.68. The van der Waals surface area contributed by atoms with Gasteiger partial charge in [-0.05, 0) is 0 Å². The molecule has 0 aliphatic rings. The van der Waals surface area contributed by atoms with Gasteiger partial charge in [-0.2, -0.15) is 5.26 Å². The Balaban J connectivity index is 3.03. The Morgan fingerprint density at radius 1 is 2.00 bits per heavy atom. The monoisotopic (exact) mass is 119 g/mol. The molecule has 0 radical (unpaired) electrons. The van der Waals surface area contributed by atoms with Crippen LogP contribution in [0, 0.1) is 11.3 Å². The van der Waals surface area contributed by atoms with Crippen molar-refractivity contribution in [2.75, 3.05) is 13.3 Å². The molecule has 0 aromatic heterocycles. The average molecular weight is 119 g/mol. The van der Waals surface area contributed by atoms with Gasteiger partial charge in [-0.15, -0.1) is 0 Å². The Morgan fingerprint density at radius 2 is 2.57 bits per heavy atom. The van der Waals surface area contributed by atoms with Gasteiger partial charge in [0.2, 0.25) is 0 Å². The average Bonchev–Trinajstić information content (AvgIpc) is 1.68. The first-order valence-corrected chi connectivity index (χ1v) is 3.08. The maximum absolute atomic E-state index is 8.48. The third-order valence-electron chi connectivity index (χ3n) is 0.417.